The van der Waals surface area contributed by atoms with Crippen molar-refractivity contribution >= 4 is 29.9 Å². The number of halogens is 1. The molecule has 2 aromatic heterocycles. The van der Waals surface area contributed by atoms with Gasteiger partial charge in [0.15, 0.2) is 5.96 Å². The second kappa shape index (κ2) is 12.6. The minimum Gasteiger partial charge on any atom is -0.357 e. The highest BCUT2D eigenvalue weighted by atomic mass is 127. The molecule has 1 aliphatic heterocycles. The van der Waals surface area contributed by atoms with E-state index in [0.29, 0.717) is 13.1 Å². The largest absolute Gasteiger partial charge is 0.357 e. The Kier molecular flexibility index (Phi) is 9.52. The summed E-state index contributed by atoms with van der Waals surface area (Å²) in [7, 11) is 0. The van der Waals surface area contributed by atoms with Gasteiger partial charge >= 0.3 is 5.69 Å². The smallest absolute Gasteiger partial charge is 0.345 e. The molecule has 0 fully saturated rings. The summed E-state index contributed by atoms with van der Waals surface area (Å²) in [5.41, 5.74) is 2.41. The molecule has 0 aliphatic carbocycles. The van der Waals surface area contributed by atoms with Crippen LogP contribution in [0.1, 0.15) is 43.1 Å². The van der Waals surface area contributed by atoms with Gasteiger partial charge in [0.1, 0.15) is 5.82 Å². The molecule has 4 rings (SSSR count). The zero-order valence-corrected chi connectivity index (χ0v) is 21.4. The summed E-state index contributed by atoms with van der Waals surface area (Å²) in [5, 5.41) is 15.5. The lowest BCUT2D eigenvalue weighted by Gasteiger charge is -2.12. The summed E-state index contributed by atoms with van der Waals surface area (Å²) < 4.78 is 5.35. The van der Waals surface area contributed by atoms with Crippen molar-refractivity contribution in [3.8, 4) is 0 Å². The Morgan fingerprint density at radius 1 is 1.15 bits per heavy atom. The van der Waals surface area contributed by atoms with Crippen molar-refractivity contribution in [2.75, 3.05) is 13.1 Å². The fourth-order valence-electron chi connectivity index (χ4n) is 3.97. The van der Waals surface area contributed by atoms with Crippen LogP contribution in [0.2, 0.25) is 0 Å². The first-order chi connectivity index (χ1) is 15.7. The minimum absolute atomic E-state index is 0. The third-order valence-corrected chi connectivity index (χ3v) is 5.63. The van der Waals surface area contributed by atoms with Gasteiger partial charge in [0, 0.05) is 45.0 Å². The summed E-state index contributed by atoms with van der Waals surface area (Å²) in [5.74, 6) is 1.70. The molecular formula is C23H33IN8O. The predicted molar refractivity (Wildman–Crippen MR) is 140 cm³/mol. The van der Waals surface area contributed by atoms with Gasteiger partial charge in [-0.1, -0.05) is 24.3 Å². The van der Waals surface area contributed by atoms with E-state index in [2.05, 4.69) is 39.9 Å². The lowest BCUT2D eigenvalue weighted by molar-refractivity contribution is 0.509. The molecule has 178 valence electrons. The lowest BCUT2D eigenvalue weighted by atomic mass is 10.1. The van der Waals surface area contributed by atoms with Crippen LogP contribution in [0.5, 0.6) is 0 Å². The average molecular weight is 564 g/mol. The zero-order valence-electron chi connectivity index (χ0n) is 19.1. The highest BCUT2D eigenvalue weighted by Crippen LogP contribution is 2.12. The van der Waals surface area contributed by atoms with Crippen LogP contribution >= 0.6 is 24.0 Å². The Morgan fingerprint density at radius 2 is 2.00 bits per heavy atom. The molecule has 1 aromatic carbocycles. The van der Waals surface area contributed by atoms with Crippen molar-refractivity contribution in [2.24, 2.45) is 4.99 Å². The second-order valence-corrected chi connectivity index (χ2v) is 7.98. The van der Waals surface area contributed by atoms with Gasteiger partial charge in [0.25, 0.3) is 0 Å². The van der Waals surface area contributed by atoms with Gasteiger partial charge in [0.05, 0.1) is 13.1 Å². The molecule has 0 radical (unpaired) electrons. The number of hydrogen-bond donors (Lipinski definition) is 2. The number of nitrogens with zero attached hydrogens (tertiary/aromatic N) is 6. The maximum atomic E-state index is 12.4. The van der Waals surface area contributed by atoms with Gasteiger partial charge in [-0.2, -0.15) is 10.2 Å². The fraction of sp³-hybridized carbons (Fsp3) is 0.478. The summed E-state index contributed by atoms with van der Waals surface area (Å²) in [6, 6.07) is 10.3. The van der Waals surface area contributed by atoms with Crippen LogP contribution in [0.15, 0.2) is 52.5 Å². The Labute approximate surface area is 211 Å². The second-order valence-electron chi connectivity index (χ2n) is 7.98. The first-order valence-electron chi connectivity index (χ1n) is 11.5. The van der Waals surface area contributed by atoms with Crippen molar-refractivity contribution < 1.29 is 0 Å². The number of guanidine groups is 1. The molecule has 0 amide bonds. The van der Waals surface area contributed by atoms with E-state index in [1.165, 1.54) is 11.1 Å². The SMILES string of the molecule is CCNC(=NCc1ccccc1Cn1cccn1)NCCCn1nc2n(c1=O)CCCC2.I. The number of aromatic nitrogens is 5. The maximum absolute atomic E-state index is 12.4. The van der Waals surface area contributed by atoms with Crippen molar-refractivity contribution in [3.63, 3.8) is 0 Å². The highest BCUT2D eigenvalue weighted by molar-refractivity contribution is 14.0. The van der Waals surface area contributed by atoms with E-state index in [0.717, 1.165) is 63.6 Å². The van der Waals surface area contributed by atoms with Crippen LogP contribution in [0, 0.1) is 0 Å². The quantitative estimate of drug-likeness (QED) is 0.180. The molecule has 1 aliphatic rings. The predicted octanol–water partition coefficient (Wildman–Crippen LogP) is 2.39. The molecule has 0 unspecified atom stereocenters. The van der Waals surface area contributed by atoms with Crippen molar-refractivity contribution in [1.29, 1.82) is 0 Å². The van der Waals surface area contributed by atoms with Crippen LogP contribution in [-0.4, -0.2) is 43.2 Å². The van der Waals surface area contributed by atoms with Crippen molar-refractivity contribution in [3.05, 3.63) is 70.2 Å². The summed E-state index contributed by atoms with van der Waals surface area (Å²) >= 11 is 0. The van der Waals surface area contributed by atoms with Gasteiger partial charge in [-0.25, -0.2) is 14.5 Å². The molecule has 9 nitrogen and oxygen atoms in total. The van der Waals surface area contributed by atoms with Crippen molar-refractivity contribution in [2.45, 2.75) is 58.8 Å². The summed E-state index contributed by atoms with van der Waals surface area (Å²) in [4.78, 5) is 17.2. The summed E-state index contributed by atoms with van der Waals surface area (Å²) in [6.45, 7) is 6.27. The van der Waals surface area contributed by atoms with Crippen LogP contribution in [0.3, 0.4) is 0 Å². The Balaban J connectivity index is 0.00000306. The van der Waals surface area contributed by atoms with Crippen molar-refractivity contribution in [1.82, 2.24) is 34.8 Å². The maximum Gasteiger partial charge on any atom is 0.345 e. The number of rotatable bonds is 9. The number of aliphatic imine (C=N–C) groups is 1. The van der Waals surface area contributed by atoms with Gasteiger partial charge in [0.2, 0.25) is 0 Å². The van der Waals surface area contributed by atoms with E-state index in [-0.39, 0.29) is 29.7 Å². The average Bonchev–Trinajstić information content (AvgIpc) is 3.44. The molecular weight excluding hydrogens is 531 g/mol. The molecule has 2 N–H and O–H groups in total. The van der Waals surface area contributed by atoms with Gasteiger partial charge in [-0.05, 0) is 43.4 Å². The monoisotopic (exact) mass is 564 g/mol. The Morgan fingerprint density at radius 3 is 2.76 bits per heavy atom. The first kappa shape index (κ1) is 25.0. The zero-order chi connectivity index (χ0) is 22.2. The van der Waals surface area contributed by atoms with E-state index in [9.17, 15) is 4.79 Å². The van der Waals surface area contributed by atoms with Crippen LogP contribution < -0.4 is 16.3 Å². The third kappa shape index (κ3) is 6.68. The van der Waals surface area contributed by atoms with Gasteiger partial charge in [-0.3, -0.25) is 9.25 Å². The van der Waals surface area contributed by atoms with E-state index < -0.39 is 0 Å². The highest BCUT2D eigenvalue weighted by Gasteiger charge is 2.16. The Bertz CT molecular complexity index is 1090. The number of aryl methyl sites for hydroxylation is 2. The molecule has 0 bridgehead atoms. The summed E-state index contributed by atoms with van der Waals surface area (Å²) in [6.07, 6.45) is 7.64. The van der Waals surface area contributed by atoms with E-state index in [4.69, 9.17) is 4.99 Å². The number of hydrogen-bond acceptors (Lipinski definition) is 4. The number of nitrogens with one attached hydrogen (secondary N) is 2. The lowest BCUT2D eigenvalue weighted by Crippen LogP contribution is -2.38. The van der Waals surface area contributed by atoms with Crippen LogP contribution in [-0.2, 0) is 32.6 Å². The normalized spacial score (nSPS) is 13.3. The fourth-order valence-corrected chi connectivity index (χ4v) is 3.97. The van der Waals surface area contributed by atoms with E-state index in [1.54, 1.807) is 10.9 Å². The minimum atomic E-state index is 0. The molecule has 33 heavy (non-hydrogen) atoms. The van der Waals surface area contributed by atoms with E-state index >= 15 is 0 Å². The number of benzene rings is 1. The molecule has 0 saturated carbocycles. The molecule has 0 atom stereocenters. The van der Waals surface area contributed by atoms with Crippen LogP contribution in [0.4, 0.5) is 0 Å². The molecule has 10 heteroatoms. The third-order valence-electron chi connectivity index (χ3n) is 5.63. The topological polar surface area (TPSA) is 94.1 Å². The number of fused-ring (bicyclic) bond motifs is 1. The standard InChI is InChI=1S/C23H32N8O.HI/c1-2-24-22(25-12-7-16-31-23(32)30-15-6-5-11-21(30)28-31)26-17-19-9-3-4-10-20(19)18-29-14-8-13-27-29;/h3-4,8-10,13-14H,2,5-7,11-12,15-18H2,1H3,(H2,24,25,26);1H. The molecule has 3 heterocycles. The van der Waals surface area contributed by atoms with Gasteiger partial charge < -0.3 is 10.6 Å². The first-order valence-corrected chi connectivity index (χ1v) is 11.5. The van der Waals surface area contributed by atoms with Crippen LogP contribution in [0.25, 0.3) is 0 Å². The van der Waals surface area contributed by atoms with E-state index in [1.807, 2.05) is 33.6 Å². The molecule has 0 spiro atoms. The Hall–Kier alpha value is -2.63. The van der Waals surface area contributed by atoms with Gasteiger partial charge in [-0.15, -0.1) is 24.0 Å². The molecule has 0 saturated heterocycles. The molecule has 3 aromatic rings.